The average molecular weight is 188 g/mol. The molecule has 1 N–H and O–H groups in total. The Labute approximate surface area is 79.2 Å². The summed E-state index contributed by atoms with van der Waals surface area (Å²) in [5, 5.41) is 9.81. The van der Waals surface area contributed by atoms with Crippen molar-refractivity contribution in [3.63, 3.8) is 0 Å². The van der Waals surface area contributed by atoms with Crippen LogP contribution in [0.5, 0.6) is 0 Å². The van der Waals surface area contributed by atoms with E-state index in [4.69, 9.17) is 17.0 Å². The molecule has 0 aliphatic carbocycles. The summed E-state index contributed by atoms with van der Waals surface area (Å²) in [5.74, 6) is 0.251. The molecule has 0 atom stereocenters. The molecule has 0 unspecified atom stereocenters. The van der Waals surface area contributed by atoms with Gasteiger partial charge in [-0.15, -0.1) is 0 Å². The fourth-order valence-corrected chi connectivity index (χ4v) is 0.742. The van der Waals surface area contributed by atoms with E-state index in [9.17, 15) is 5.11 Å². The molecule has 0 aromatic heterocycles. The minimum atomic E-state index is -0.263. The molecule has 0 rings (SSSR count). The van der Waals surface area contributed by atoms with Gasteiger partial charge >= 0.3 is 0 Å². The molecule has 0 aromatic rings. The molecule has 2 nitrogen and oxygen atoms in total. The van der Waals surface area contributed by atoms with Gasteiger partial charge in [0, 0.05) is 11.5 Å². The van der Waals surface area contributed by atoms with Crippen molar-refractivity contribution in [2.24, 2.45) is 5.41 Å². The van der Waals surface area contributed by atoms with Crippen molar-refractivity contribution in [1.82, 2.24) is 0 Å². The zero-order chi connectivity index (χ0) is 9.78. The number of aliphatic hydroxyl groups is 1. The molecule has 0 saturated heterocycles. The fourth-order valence-electron chi connectivity index (χ4n) is 0.512. The molecule has 70 valence electrons. The molecular weight excluding hydrogens is 172 g/mol. The van der Waals surface area contributed by atoms with Gasteiger partial charge in [0.05, 0.1) is 6.61 Å². The third-order valence-corrected chi connectivity index (χ3v) is 1.55. The highest BCUT2D eigenvalue weighted by atomic mass is 32.1. The van der Waals surface area contributed by atoms with E-state index in [2.05, 4.69) is 0 Å². The molecule has 0 amide bonds. The van der Waals surface area contributed by atoms with Crippen molar-refractivity contribution in [3.8, 4) is 0 Å². The van der Waals surface area contributed by atoms with E-state index in [-0.39, 0.29) is 11.2 Å². The molecule has 0 aliphatic heterocycles. The molecule has 0 heterocycles. The van der Waals surface area contributed by atoms with Gasteiger partial charge in [0.2, 0.25) is 0 Å². The molecule has 0 fully saturated rings. The number of aliphatic hydroxyl groups excluding tert-OH is 1. The van der Waals surface area contributed by atoms with Crippen molar-refractivity contribution < 1.29 is 9.84 Å². The van der Waals surface area contributed by atoms with Crippen LogP contribution < -0.4 is 0 Å². The van der Waals surface area contributed by atoms with Crippen LogP contribution in [0.15, 0.2) is 11.8 Å². The Kier molecular flexibility index (Phi) is 4.24. The Balaban J connectivity index is 4.26. The van der Waals surface area contributed by atoms with Crippen molar-refractivity contribution in [2.45, 2.75) is 27.7 Å². The van der Waals surface area contributed by atoms with E-state index >= 15 is 0 Å². The normalized spacial score (nSPS) is 12.8. The molecule has 0 aromatic carbocycles. The number of ether oxygens (including phenoxy) is 1. The first-order chi connectivity index (χ1) is 5.38. The molecule has 0 radical (unpaired) electrons. The third kappa shape index (κ3) is 4.34. The fraction of sp³-hybridized carbons (Fsp3) is 0.667. The number of hydrogen-bond acceptors (Lipinski definition) is 3. The smallest absolute Gasteiger partial charge is 0.187 e. The van der Waals surface area contributed by atoms with Crippen LogP contribution in [0.1, 0.15) is 27.7 Å². The van der Waals surface area contributed by atoms with Crippen LogP contribution in [0.4, 0.5) is 0 Å². The topological polar surface area (TPSA) is 29.5 Å². The zero-order valence-corrected chi connectivity index (χ0v) is 8.86. The van der Waals surface area contributed by atoms with Gasteiger partial charge in [-0.3, -0.25) is 0 Å². The van der Waals surface area contributed by atoms with Crippen LogP contribution in [0.2, 0.25) is 0 Å². The lowest BCUT2D eigenvalue weighted by atomic mass is 9.94. The second-order valence-electron chi connectivity index (χ2n) is 3.53. The lowest BCUT2D eigenvalue weighted by molar-refractivity contribution is 0.274. The van der Waals surface area contributed by atoms with Crippen LogP contribution in [0.25, 0.3) is 0 Å². The molecule has 0 saturated carbocycles. The summed E-state index contributed by atoms with van der Waals surface area (Å²) in [6, 6.07) is 0. The monoisotopic (exact) mass is 188 g/mol. The highest BCUT2D eigenvalue weighted by molar-refractivity contribution is 7.80. The highest BCUT2D eigenvalue weighted by Crippen LogP contribution is 2.22. The molecule has 3 heteroatoms. The maximum absolute atomic E-state index is 9.48. The lowest BCUT2D eigenvalue weighted by Crippen LogP contribution is -2.11. The summed E-state index contributed by atoms with van der Waals surface area (Å²) < 4.78 is 5.00. The largest absolute Gasteiger partial charge is 0.512 e. The van der Waals surface area contributed by atoms with Crippen molar-refractivity contribution >= 4 is 17.3 Å². The Hall–Kier alpha value is -0.570. The molecule has 12 heavy (non-hydrogen) atoms. The van der Waals surface area contributed by atoms with Crippen LogP contribution in [0.3, 0.4) is 0 Å². The molecule has 0 spiro atoms. The van der Waals surface area contributed by atoms with E-state index in [1.165, 1.54) is 6.08 Å². The van der Waals surface area contributed by atoms with Crippen LogP contribution in [-0.2, 0) is 4.74 Å². The first-order valence-corrected chi connectivity index (χ1v) is 4.36. The van der Waals surface area contributed by atoms with Gasteiger partial charge < -0.3 is 9.84 Å². The Morgan fingerprint density at radius 3 is 2.33 bits per heavy atom. The number of allylic oxidation sites excluding steroid dienone is 1. The predicted octanol–water partition coefficient (Wildman–Crippen LogP) is 2.84. The standard InChI is InChI=1S/C9H16O2S/c1-5-11-8(12)6-7(10)9(2,3)4/h6,10H,5H2,1-4H3/b7-6-. The molecule has 0 aliphatic rings. The van der Waals surface area contributed by atoms with Gasteiger partial charge in [0.1, 0.15) is 5.76 Å². The van der Waals surface area contributed by atoms with Crippen molar-refractivity contribution in [3.05, 3.63) is 11.8 Å². The first-order valence-electron chi connectivity index (χ1n) is 3.95. The maximum atomic E-state index is 9.48. The second kappa shape index (κ2) is 4.45. The van der Waals surface area contributed by atoms with Crippen LogP contribution >= 0.6 is 12.2 Å². The maximum Gasteiger partial charge on any atom is 0.187 e. The van der Waals surface area contributed by atoms with E-state index in [1.54, 1.807) is 0 Å². The SMILES string of the molecule is CCOC(=S)/C=C(\O)C(C)(C)C. The summed E-state index contributed by atoms with van der Waals surface area (Å²) in [4.78, 5) is 0. The Morgan fingerprint density at radius 2 is 2.00 bits per heavy atom. The van der Waals surface area contributed by atoms with E-state index < -0.39 is 0 Å². The van der Waals surface area contributed by atoms with Gasteiger partial charge in [-0.2, -0.15) is 0 Å². The first kappa shape index (κ1) is 11.4. The number of thiocarbonyl (C=S) groups is 1. The molecule has 0 bridgehead atoms. The van der Waals surface area contributed by atoms with Crippen LogP contribution in [-0.4, -0.2) is 16.8 Å². The lowest BCUT2D eigenvalue weighted by Gasteiger charge is -2.17. The van der Waals surface area contributed by atoms with E-state index in [0.29, 0.717) is 11.7 Å². The average Bonchev–Trinajstić information content (AvgIpc) is 1.85. The number of hydrogen-bond donors (Lipinski definition) is 1. The predicted molar refractivity (Wildman–Crippen MR) is 54.4 cm³/mol. The summed E-state index contributed by atoms with van der Waals surface area (Å²) in [5.41, 5.74) is -0.263. The Morgan fingerprint density at radius 1 is 1.50 bits per heavy atom. The van der Waals surface area contributed by atoms with Crippen molar-refractivity contribution in [1.29, 1.82) is 0 Å². The van der Waals surface area contributed by atoms with Gasteiger partial charge in [0.15, 0.2) is 5.05 Å². The van der Waals surface area contributed by atoms with E-state index in [0.717, 1.165) is 0 Å². The van der Waals surface area contributed by atoms with Gasteiger partial charge in [-0.1, -0.05) is 20.8 Å². The summed E-state index contributed by atoms with van der Waals surface area (Å²) in [7, 11) is 0. The third-order valence-electron chi connectivity index (χ3n) is 1.31. The number of rotatable bonds is 2. The van der Waals surface area contributed by atoms with Gasteiger partial charge in [0.25, 0.3) is 0 Å². The Bertz CT molecular complexity index is 189. The zero-order valence-electron chi connectivity index (χ0n) is 8.05. The summed E-state index contributed by atoms with van der Waals surface area (Å²) >= 11 is 4.84. The quantitative estimate of drug-likeness (QED) is 0.410. The minimum Gasteiger partial charge on any atom is -0.512 e. The van der Waals surface area contributed by atoms with Crippen molar-refractivity contribution in [2.75, 3.05) is 6.61 Å². The molecular formula is C9H16O2S. The highest BCUT2D eigenvalue weighted by Gasteiger charge is 2.16. The van der Waals surface area contributed by atoms with Gasteiger partial charge in [-0.05, 0) is 19.1 Å². The van der Waals surface area contributed by atoms with Gasteiger partial charge in [-0.25, -0.2) is 0 Å². The summed E-state index contributed by atoms with van der Waals surface area (Å²) in [6.07, 6.45) is 1.48. The second-order valence-corrected chi connectivity index (χ2v) is 3.93. The minimum absolute atomic E-state index is 0.251. The van der Waals surface area contributed by atoms with E-state index in [1.807, 2.05) is 27.7 Å². The van der Waals surface area contributed by atoms with Crippen LogP contribution in [0, 0.1) is 5.41 Å². The summed E-state index contributed by atoms with van der Waals surface area (Å²) in [6.45, 7) is 8.12.